The molecule has 1 saturated heterocycles. The maximum Gasteiger partial charge on any atom is 0.270 e. The first-order valence-electron chi connectivity index (χ1n) is 9.10. The molecule has 2 aromatic carbocycles. The number of carbonyl (C=O) groups excluding carboxylic acids is 1. The van der Waals surface area contributed by atoms with Gasteiger partial charge in [-0.25, -0.2) is 8.42 Å². The molecule has 0 saturated carbocycles. The lowest BCUT2D eigenvalue weighted by Crippen LogP contribution is -2.35. The molecule has 1 N–H and O–H groups in total. The number of piperidine rings is 1. The first kappa shape index (κ1) is 21.2. The average molecular weight is 438 g/mol. The van der Waals surface area contributed by atoms with Crippen LogP contribution in [0.5, 0.6) is 0 Å². The average Bonchev–Trinajstić information content (AvgIpc) is 2.73. The molecule has 0 atom stereocenters. The minimum atomic E-state index is -3.51. The Morgan fingerprint density at radius 2 is 1.76 bits per heavy atom. The molecule has 1 amide bonds. The van der Waals surface area contributed by atoms with E-state index >= 15 is 0 Å². The Kier molecular flexibility index (Phi) is 6.51. The van der Waals surface area contributed by atoms with Crippen molar-refractivity contribution in [1.82, 2.24) is 9.62 Å². The van der Waals surface area contributed by atoms with Crippen molar-refractivity contribution in [3.05, 3.63) is 68.7 Å². The summed E-state index contributed by atoms with van der Waals surface area (Å²) in [5.74, 6) is -0.552. The smallest absolute Gasteiger partial charge is 0.270 e. The summed E-state index contributed by atoms with van der Waals surface area (Å²) in [6.45, 7) is 1.19. The Hall–Kier alpha value is -2.49. The Balaban J connectivity index is 1.67. The van der Waals surface area contributed by atoms with E-state index in [1.54, 1.807) is 12.1 Å². The molecule has 29 heavy (non-hydrogen) atoms. The first-order valence-corrected chi connectivity index (χ1v) is 10.9. The van der Waals surface area contributed by atoms with E-state index < -0.39 is 20.9 Å². The normalized spacial score (nSPS) is 15.1. The summed E-state index contributed by atoms with van der Waals surface area (Å²) < 4.78 is 26.8. The van der Waals surface area contributed by atoms with E-state index in [4.69, 9.17) is 11.6 Å². The van der Waals surface area contributed by atoms with Crippen LogP contribution in [0.4, 0.5) is 5.69 Å². The molecule has 1 aliphatic rings. The second-order valence-electron chi connectivity index (χ2n) is 6.71. The highest BCUT2D eigenvalue weighted by molar-refractivity contribution is 7.89. The molecule has 8 nitrogen and oxygen atoms in total. The lowest BCUT2D eigenvalue weighted by molar-refractivity contribution is -0.384. The number of nitro groups is 1. The number of sulfonamides is 1. The predicted octanol–water partition coefficient (Wildman–Crippen LogP) is 3.35. The van der Waals surface area contributed by atoms with E-state index in [1.807, 2.05) is 0 Å². The fraction of sp³-hybridized carbons (Fsp3) is 0.316. The van der Waals surface area contributed by atoms with Gasteiger partial charge >= 0.3 is 0 Å². The van der Waals surface area contributed by atoms with Gasteiger partial charge in [0.1, 0.15) is 0 Å². The molecule has 3 rings (SSSR count). The monoisotopic (exact) mass is 437 g/mol. The van der Waals surface area contributed by atoms with Crippen molar-refractivity contribution in [2.75, 3.05) is 13.1 Å². The van der Waals surface area contributed by atoms with Gasteiger partial charge in [0.25, 0.3) is 11.6 Å². The SMILES string of the molecule is O=C(NCc1ccc(S(=O)(=O)N2CCCCC2)cc1)c1cc([N+](=O)[O-])ccc1Cl. The summed E-state index contributed by atoms with van der Waals surface area (Å²) in [5.41, 5.74) is 0.467. The number of nitrogens with one attached hydrogen (secondary N) is 1. The van der Waals surface area contributed by atoms with Crippen molar-refractivity contribution in [3.63, 3.8) is 0 Å². The van der Waals surface area contributed by atoms with E-state index in [2.05, 4.69) is 5.32 Å². The molecular weight excluding hydrogens is 418 g/mol. The number of nitrogens with zero attached hydrogens (tertiary/aromatic N) is 2. The van der Waals surface area contributed by atoms with Crippen molar-refractivity contribution in [1.29, 1.82) is 0 Å². The maximum absolute atomic E-state index is 12.7. The second kappa shape index (κ2) is 8.89. The number of benzene rings is 2. The largest absolute Gasteiger partial charge is 0.348 e. The van der Waals surface area contributed by atoms with Crippen LogP contribution >= 0.6 is 11.6 Å². The van der Waals surface area contributed by atoms with Crippen molar-refractivity contribution in [2.45, 2.75) is 30.7 Å². The van der Waals surface area contributed by atoms with Gasteiger partial charge in [-0.05, 0) is 36.6 Å². The summed E-state index contributed by atoms with van der Waals surface area (Å²) in [7, 11) is -3.51. The number of nitro benzene ring substituents is 1. The number of halogens is 1. The van der Waals surface area contributed by atoms with E-state index in [0.29, 0.717) is 18.7 Å². The highest BCUT2D eigenvalue weighted by Gasteiger charge is 2.25. The van der Waals surface area contributed by atoms with Crippen LogP contribution in [0, 0.1) is 10.1 Å². The number of rotatable bonds is 6. The molecule has 154 valence electrons. The number of hydrogen-bond acceptors (Lipinski definition) is 5. The molecule has 10 heteroatoms. The van der Waals surface area contributed by atoms with Gasteiger partial charge in [0.2, 0.25) is 10.0 Å². The van der Waals surface area contributed by atoms with Crippen LogP contribution in [-0.4, -0.2) is 36.6 Å². The third kappa shape index (κ3) is 4.92. The lowest BCUT2D eigenvalue weighted by Gasteiger charge is -2.25. The standard InChI is InChI=1S/C19H20ClN3O5S/c20-18-9-6-15(23(25)26)12-17(18)19(24)21-13-14-4-7-16(8-5-14)29(27,28)22-10-2-1-3-11-22/h4-9,12H,1-3,10-11,13H2,(H,21,24). The van der Waals surface area contributed by atoms with Gasteiger partial charge in [0.15, 0.2) is 0 Å². The molecule has 0 aromatic heterocycles. The van der Waals surface area contributed by atoms with Crippen LogP contribution in [0.15, 0.2) is 47.4 Å². The molecule has 0 bridgehead atoms. The fourth-order valence-electron chi connectivity index (χ4n) is 3.11. The topological polar surface area (TPSA) is 110 Å². The molecule has 0 aliphatic carbocycles. The number of non-ortho nitro benzene ring substituents is 1. The minimum absolute atomic E-state index is 0.00478. The van der Waals surface area contributed by atoms with Crippen molar-refractivity contribution >= 4 is 33.2 Å². The zero-order chi connectivity index (χ0) is 21.0. The van der Waals surface area contributed by atoms with Crippen molar-refractivity contribution < 1.29 is 18.1 Å². The molecule has 1 fully saturated rings. The molecule has 2 aromatic rings. The zero-order valence-electron chi connectivity index (χ0n) is 15.5. The molecule has 1 aliphatic heterocycles. The number of hydrogen-bond donors (Lipinski definition) is 1. The van der Waals surface area contributed by atoms with E-state index in [1.165, 1.54) is 28.6 Å². The summed E-state index contributed by atoms with van der Waals surface area (Å²) in [6, 6.07) is 9.94. The number of carbonyl (C=O) groups is 1. The zero-order valence-corrected chi connectivity index (χ0v) is 17.1. The van der Waals surface area contributed by atoms with Crippen molar-refractivity contribution in [2.24, 2.45) is 0 Å². The Bertz CT molecular complexity index is 1020. The Labute approximate surface area is 173 Å². The van der Waals surface area contributed by atoms with Gasteiger partial charge in [0, 0.05) is 31.8 Å². The van der Waals surface area contributed by atoms with Crippen LogP contribution in [0.3, 0.4) is 0 Å². The van der Waals surface area contributed by atoms with Crippen LogP contribution in [0.25, 0.3) is 0 Å². The molecule has 0 spiro atoms. The fourth-order valence-corrected chi connectivity index (χ4v) is 4.83. The molecular formula is C19H20ClN3O5S. The van der Waals surface area contributed by atoms with Gasteiger partial charge in [-0.1, -0.05) is 30.2 Å². The van der Waals surface area contributed by atoms with Crippen LogP contribution in [0.2, 0.25) is 5.02 Å². The summed E-state index contributed by atoms with van der Waals surface area (Å²) in [6.07, 6.45) is 2.77. The Morgan fingerprint density at radius 1 is 1.10 bits per heavy atom. The third-order valence-corrected chi connectivity index (χ3v) is 6.98. The van der Waals surface area contributed by atoms with Crippen LogP contribution < -0.4 is 5.32 Å². The quantitative estimate of drug-likeness (QED) is 0.550. The van der Waals surface area contributed by atoms with E-state index in [9.17, 15) is 23.3 Å². The molecule has 1 heterocycles. The van der Waals surface area contributed by atoms with Crippen LogP contribution in [-0.2, 0) is 16.6 Å². The highest BCUT2D eigenvalue weighted by Crippen LogP contribution is 2.23. The maximum atomic E-state index is 12.7. The van der Waals surface area contributed by atoms with E-state index in [-0.39, 0.29) is 27.7 Å². The minimum Gasteiger partial charge on any atom is -0.348 e. The van der Waals surface area contributed by atoms with Gasteiger partial charge < -0.3 is 5.32 Å². The van der Waals surface area contributed by atoms with Gasteiger partial charge in [-0.2, -0.15) is 4.31 Å². The Morgan fingerprint density at radius 3 is 2.38 bits per heavy atom. The van der Waals surface area contributed by atoms with Gasteiger partial charge in [0.05, 0.1) is 20.4 Å². The molecule has 0 radical (unpaired) electrons. The van der Waals surface area contributed by atoms with Gasteiger partial charge in [-0.3, -0.25) is 14.9 Å². The van der Waals surface area contributed by atoms with Gasteiger partial charge in [-0.15, -0.1) is 0 Å². The second-order valence-corrected chi connectivity index (χ2v) is 9.06. The first-order chi connectivity index (χ1) is 13.8. The third-order valence-electron chi connectivity index (χ3n) is 4.73. The summed E-state index contributed by atoms with van der Waals surface area (Å²) in [4.78, 5) is 22.8. The summed E-state index contributed by atoms with van der Waals surface area (Å²) in [5, 5.41) is 13.6. The predicted molar refractivity (Wildman–Crippen MR) is 108 cm³/mol. The summed E-state index contributed by atoms with van der Waals surface area (Å²) >= 11 is 5.97. The number of amides is 1. The van der Waals surface area contributed by atoms with Crippen molar-refractivity contribution in [3.8, 4) is 0 Å². The van der Waals surface area contributed by atoms with Crippen LogP contribution in [0.1, 0.15) is 35.2 Å². The highest BCUT2D eigenvalue weighted by atomic mass is 35.5. The lowest BCUT2D eigenvalue weighted by atomic mass is 10.1. The van der Waals surface area contributed by atoms with E-state index in [0.717, 1.165) is 25.3 Å². The molecule has 0 unspecified atom stereocenters.